The first-order valence-corrected chi connectivity index (χ1v) is 5.94. The molecule has 0 aromatic heterocycles. The summed E-state index contributed by atoms with van der Waals surface area (Å²) in [7, 11) is 0. The number of hydrogen-bond acceptors (Lipinski definition) is 3. The maximum Gasteiger partial charge on any atom is 0.165 e. The van der Waals surface area contributed by atoms with Crippen LogP contribution in [0, 0.1) is 11.6 Å². The molecule has 0 amide bonds. The molecule has 2 N–H and O–H groups in total. The van der Waals surface area contributed by atoms with Crippen molar-refractivity contribution >= 4 is 0 Å². The van der Waals surface area contributed by atoms with Crippen LogP contribution in [-0.4, -0.2) is 30.4 Å². The van der Waals surface area contributed by atoms with Gasteiger partial charge in [-0.3, -0.25) is 0 Å². The highest BCUT2D eigenvalue weighted by Gasteiger charge is 2.23. The molecular formula is C13H19F2NO2. The molecule has 1 atom stereocenters. The lowest BCUT2D eigenvalue weighted by Crippen LogP contribution is -2.50. The van der Waals surface area contributed by atoms with Gasteiger partial charge in [0.2, 0.25) is 0 Å². The number of ether oxygens (including phenoxy) is 1. The van der Waals surface area contributed by atoms with Crippen LogP contribution in [-0.2, 0) is 0 Å². The van der Waals surface area contributed by atoms with Gasteiger partial charge in [-0.2, -0.15) is 0 Å². The monoisotopic (exact) mass is 259 g/mol. The highest BCUT2D eigenvalue weighted by atomic mass is 19.1. The molecule has 0 spiro atoms. The summed E-state index contributed by atoms with van der Waals surface area (Å²) in [5.41, 5.74) is -0.672. The van der Waals surface area contributed by atoms with E-state index in [4.69, 9.17) is 4.74 Å². The maximum atomic E-state index is 13.3. The summed E-state index contributed by atoms with van der Waals surface area (Å²) < 4.78 is 31.5. The van der Waals surface area contributed by atoms with E-state index in [-0.39, 0.29) is 19.0 Å². The Hall–Kier alpha value is -1.20. The summed E-state index contributed by atoms with van der Waals surface area (Å²) in [4.78, 5) is 0. The van der Waals surface area contributed by atoms with E-state index in [9.17, 15) is 13.9 Å². The second-order valence-corrected chi connectivity index (χ2v) is 4.51. The van der Waals surface area contributed by atoms with Crippen LogP contribution in [0.4, 0.5) is 8.78 Å². The van der Waals surface area contributed by atoms with Crippen molar-refractivity contribution in [2.24, 2.45) is 0 Å². The summed E-state index contributed by atoms with van der Waals surface area (Å²) in [5.74, 6) is -1.32. The Morgan fingerprint density at radius 1 is 1.39 bits per heavy atom. The fourth-order valence-corrected chi connectivity index (χ4v) is 1.40. The van der Waals surface area contributed by atoms with Crippen LogP contribution in [0.25, 0.3) is 0 Å². The first-order valence-electron chi connectivity index (χ1n) is 5.94. The van der Waals surface area contributed by atoms with Gasteiger partial charge in [0.1, 0.15) is 12.4 Å². The highest BCUT2D eigenvalue weighted by molar-refractivity contribution is 5.25. The molecule has 18 heavy (non-hydrogen) atoms. The Morgan fingerprint density at radius 2 is 2.11 bits per heavy atom. The Kier molecular flexibility index (Phi) is 5.50. The third-order valence-electron chi connectivity index (χ3n) is 2.59. The van der Waals surface area contributed by atoms with E-state index >= 15 is 0 Å². The second kappa shape index (κ2) is 6.66. The van der Waals surface area contributed by atoms with Crippen LogP contribution in [0.5, 0.6) is 5.75 Å². The number of hydrogen-bond donors (Lipinski definition) is 2. The quantitative estimate of drug-likeness (QED) is 0.788. The van der Waals surface area contributed by atoms with Crippen molar-refractivity contribution in [1.82, 2.24) is 5.32 Å². The number of benzene rings is 1. The summed E-state index contributed by atoms with van der Waals surface area (Å²) >= 11 is 0. The lowest BCUT2D eigenvalue weighted by molar-refractivity contribution is 0.113. The first kappa shape index (κ1) is 14.9. The van der Waals surface area contributed by atoms with Gasteiger partial charge in [0.05, 0.1) is 12.1 Å². The highest BCUT2D eigenvalue weighted by Crippen LogP contribution is 2.19. The van der Waals surface area contributed by atoms with Crippen molar-refractivity contribution in [2.45, 2.75) is 25.8 Å². The lowest BCUT2D eigenvalue weighted by Gasteiger charge is -2.28. The average Bonchev–Trinajstić information content (AvgIpc) is 2.37. The van der Waals surface area contributed by atoms with Gasteiger partial charge < -0.3 is 15.2 Å². The molecule has 1 aromatic carbocycles. The van der Waals surface area contributed by atoms with Gasteiger partial charge in [0.25, 0.3) is 0 Å². The normalized spacial score (nSPS) is 14.3. The molecule has 0 radical (unpaired) electrons. The Bertz CT molecular complexity index is 387. The van der Waals surface area contributed by atoms with E-state index in [1.165, 1.54) is 0 Å². The lowest BCUT2D eigenvalue weighted by atomic mass is 10.1. The average molecular weight is 259 g/mol. The SMILES string of the molecule is CCCNC(C)(CO)COc1cc(F)ccc1F. The summed E-state index contributed by atoms with van der Waals surface area (Å²) in [6.07, 6.45) is 0.907. The molecule has 0 aliphatic rings. The van der Waals surface area contributed by atoms with E-state index in [0.717, 1.165) is 24.6 Å². The van der Waals surface area contributed by atoms with Gasteiger partial charge in [-0.25, -0.2) is 8.78 Å². The summed E-state index contributed by atoms with van der Waals surface area (Å²) in [6.45, 7) is 4.39. The number of aliphatic hydroxyl groups excluding tert-OH is 1. The zero-order valence-corrected chi connectivity index (χ0v) is 10.7. The van der Waals surface area contributed by atoms with Crippen molar-refractivity contribution in [3.63, 3.8) is 0 Å². The van der Waals surface area contributed by atoms with Gasteiger partial charge in [-0.05, 0) is 32.0 Å². The molecule has 5 heteroatoms. The molecule has 1 unspecified atom stereocenters. The van der Waals surface area contributed by atoms with Crippen molar-refractivity contribution in [2.75, 3.05) is 19.8 Å². The minimum Gasteiger partial charge on any atom is -0.488 e. The smallest absolute Gasteiger partial charge is 0.165 e. The molecule has 0 saturated carbocycles. The Balaban J connectivity index is 2.64. The molecule has 0 aliphatic heterocycles. The van der Waals surface area contributed by atoms with Gasteiger partial charge in [-0.1, -0.05) is 6.92 Å². The number of aliphatic hydroxyl groups is 1. The van der Waals surface area contributed by atoms with Crippen LogP contribution < -0.4 is 10.1 Å². The van der Waals surface area contributed by atoms with Crippen molar-refractivity contribution in [1.29, 1.82) is 0 Å². The molecule has 0 saturated heterocycles. The van der Waals surface area contributed by atoms with Crippen LogP contribution >= 0.6 is 0 Å². The molecule has 102 valence electrons. The van der Waals surface area contributed by atoms with E-state index < -0.39 is 17.2 Å². The molecule has 3 nitrogen and oxygen atoms in total. The third kappa shape index (κ3) is 4.23. The van der Waals surface area contributed by atoms with Crippen molar-refractivity contribution in [3.8, 4) is 5.75 Å². The van der Waals surface area contributed by atoms with E-state index in [1.807, 2.05) is 6.92 Å². The number of halogens is 2. The van der Waals surface area contributed by atoms with Crippen LogP contribution in [0.3, 0.4) is 0 Å². The van der Waals surface area contributed by atoms with Gasteiger partial charge in [0, 0.05) is 6.07 Å². The minimum atomic E-state index is -0.672. The van der Waals surface area contributed by atoms with Gasteiger partial charge in [-0.15, -0.1) is 0 Å². The molecular weight excluding hydrogens is 240 g/mol. The predicted molar refractivity (Wildman–Crippen MR) is 65.6 cm³/mol. The molecule has 1 rings (SSSR count). The number of rotatable bonds is 7. The second-order valence-electron chi connectivity index (χ2n) is 4.51. The fraction of sp³-hybridized carbons (Fsp3) is 0.538. The Morgan fingerprint density at radius 3 is 2.72 bits per heavy atom. The van der Waals surface area contributed by atoms with Crippen molar-refractivity contribution in [3.05, 3.63) is 29.8 Å². The zero-order valence-electron chi connectivity index (χ0n) is 10.7. The molecule has 0 bridgehead atoms. The van der Waals surface area contributed by atoms with Gasteiger partial charge >= 0.3 is 0 Å². The van der Waals surface area contributed by atoms with E-state index in [2.05, 4.69) is 5.32 Å². The van der Waals surface area contributed by atoms with E-state index in [1.54, 1.807) is 6.92 Å². The van der Waals surface area contributed by atoms with Crippen LogP contribution in [0.2, 0.25) is 0 Å². The summed E-state index contributed by atoms with van der Waals surface area (Å²) in [5, 5.41) is 12.4. The van der Waals surface area contributed by atoms with Crippen LogP contribution in [0.1, 0.15) is 20.3 Å². The largest absolute Gasteiger partial charge is 0.488 e. The standard InChI is InChI=1S/C13H19F2NO2/c1-3-6-16-13(2,8-17)9-18-12-7-10(14)4-5-11(12)15/h4-5,7,16-17H,3,6,8-9H2,1-2H3. The van der Waals surface area contributed by atoms with Crippen LogP contribution in [0.15, 0.2) is 18.2 Å². The molecule has 1 aromatic rings. The fourth-order valence-electron chi connectivity index (χ4n) is 1.40. The van der Waals surface area contributed by atoms with Gasteiger partial charge in [0.15, 0.2) is 11.6 Å². The molecule has 0 heterocycles. The summed E-state index contributed by atoms with van der Waals surface area (Å²) in [6, 6.07) is 3.04. The molecule has 0 fully saturated rings. The predicted octanol–water partition coefficient (Wildman–Crippen LogP) is 2.09. The first-order chi connectivity index (χ1) is 8.50. The third-order valence-corrected chi connectivity index (χ3v) is 2.59. The van der Waals surface area contributed by atoms with Crippen molar-refractivity contribution < 1.29 is 18.6 Å². The van der Waals surface area contributed by atoms with E-state index in [0.29, 0.717) is 6.54 Å². The minimum absolute atomic E-state index is 0.0594. The molecule has 0 aliphatic carbocycles. The zero-order chi connectivity index (χ0) is 13.6. The Labute approximate surface area is 106 Å². The number of nitrogens with one attached hydrogen (secondary N) is 1. The maximum absolute atomic E-state index is 13.3. The topological polar surface area (TPSA) is 41.5 Å².